The molecule has 1 aliphatic rings. The zero-order valence-electron chi connectivity index (χ0n) is 11.6. The largest absolute Gasteiger partial charge is 0.329 e. The molecular weight excluding hydrogens is 236 g/mol. The van der Waals surface area contributed by atoms with Gasteiger partial charge in [-0.1, -0.05) is 19.3 Å². The first kappa shape index (κ1) is 12.6. The van der Waals surface area contributed by atoms with Crippen LogP contribution < -0.4 is 5.73 Å². The maximum atomic E-state index is 6.15. The molecule has 19 heavy (non-hydrogen) atoms. The van der Waals surface area contributed by atoms with Gasteiger partial charge in [0.05, 0.1) is 11.7 Å². The molecule has 1 aliphatic carbocycles. The molecule has 0 atom stereocenters. The fourth-order valence-corrected chi connectivity index (χ4v) is 3.45. The lowest BCUT2D eigenvalue weighted by atomic mass is 9.73. The summed E-state index contributed by atoms with van der Waals surface area (Å²) in [5.41, 5.74) is 8.41. The van der Waals surface area contributed by atoms with E-state index in [-0.39, 0.29) is 5.41 Å². The second kappa shape index (κ2) is 4.93. The van der Waals surface area contributed by atoms with Crippen molar-refractivity contribution in [3.63, 3.8) is 0 Å². The molecule has 0 amide bonds. The molecule has 4 nitrogen and oxygen atoms in total. The molecule has 1 saturated carbocycles. The normalized spacial score (nSPS) is 18.8. The smallest absolute Gasteiger partial charge is 0.117 e. The fourth-order valence-electron chi connectivity index (χ4n) is 3.45. The first-order valence-corrected chi connectivity index (χ1v) is 7.31. The van der Waals surface area contributed by atoms with Gasteiger partial charge in [-0.05, 0) is 25.8 Å². The van der Waals surface area contributed by atoms with Crippen LogP contribution in [0, 0.1) is 0 Å². The van der Waals surface area contributed by atoms with Crippen LogP contribution in [0.25, 0.3) is 11.0 Å². The highest BCUT2D eigenvalue weighted by Gasteiger charge is 2.37. The van der Waals surface area contributed by atoms with E-state index in [2.05, 4.69) is 22.5 Å². The molecule has 102 valence electrons. The molecule has 2 aromatic rings. The molecule has 0 spiro atoms. The van der Waals surface area contributed by atoms with E-state index in [0.717, 1.165) is 12.1 Å². The average Bonchev–Trinajstić information content (AvgIpc) is 2.87. The minimum atomic E-state index is 0.0767. The summed E-state index contributed by atoms with van der Waals surface area (Å²) < 4.78 is 2.33. The number of imidazole rings is 1. The Kier molecular flexibility index (Phi) is 3.27. The zero-order valence-corrected chi connectivity index (χ0v) is 11.6. The van der Waals surface area contributed by atoms with Crippen LogP contribution in [0.5, 0.6) is 0 Å². The molecule has 0 saturated heterocycles. The molecule has 0 unspecified atom stereocenters. The summed E-state index contributed by atoms with van der Waals surface area (Å²) in [6.45, 7) is 3.82. The van der Waals surface area contributed by atoms with Crippen molar-refractivity contribution in [3.8, 4) is 0 Å². The van der Waals surface area contributed by atoms with Crippen LogP contribution in [0.15, 0.2) is 18.5 Å². The lowest BCUT2D eigenvalue weighted by Crippen LogP contribution is -2.39. The van der Waals surface area contributed by atoms with Gasteiger partial charge in [0, 0.05) is 24.7 Å². The van der Waals surface area contributed by atoms with E-state index in [0.29, 0.717) is 6.54 Å². The van der Waals surface area contributed by atoms with Gasteiger partial charge < -0.3 is 10.3 Å². The summed E-state index contributed by atoms with van der Waals surface area (Å²) in [5.74, 6) is 1.18. The van der Waals surface area contributed by atoms with Crippen molar-refractivity contribution in [2.45, 2.75) is 51.0 Å². The Bertz CT molecular complexity index is 567. The van der Waals surface area contributed by atoms with Crippen LogP contribution in [0.4, 0.5) is 0 Å². The van der Waals surface area contributed by atoms with E-state index < -0.39 is 0 Å². The molecule has 0 bridgehead atoms. The molecule has 0 aromatic carbocycles. The number of hydrogen-bond donors (Lipinski definition) is 1. The lowest BCUT2D eigenvalue weighted by Gasteiger charge is -2.35. The van der Waals surface area contributed by atoms with Crippen molar-refractivity contribution in [2.75, 3.05) is 6.54 Å². The van der Waals surface area contributed by atoms with Gasteiger partial charge in [0.25, 0.3) is 0 Å². The minimum Gasteiger partial charge on any atom is -0.329 e. The molecular formula is C15H22N4. The molecule has 0 aliphatic heterocycles. The van der Waals surface area contributed by atoms with Crippen LogP contribution in [-0.4, -0.2) is 21.1 Å². The van der Waals surface area contributed by atoms with Crippen LogP contribution in [0.3, 0.4) is 0 Å². The van der Waals surface area contributed by atoms with Gasteiger partial charge >= 0.3 is 0 Å². The van der Waals surface area contributed by atoms with E-state index >= 15 is 0 Å². The number of rotatable bonds is 3. The molecule has 1 fully saturated rings. The second-order valence-corrected chi connectivity index (χ2v) is 5.59. The van der Waals surface area contributed by atoms with Crippen molar-refractivity contribution in [3.05, 3.63) is 24.3 Å². The van der Waals surface area contributed by atoms with Crippen LogP contribution in [0.2, 0.25) is 0 Å². The number of hydrogen-bond acceptors (Lipinski definition) is 3. The van der Waals surface area contributed by atoms with Crippen molar-refractivity contribution in [1.82, 2.24) is 14.5 Å². The summed E-state index contributed by atoms with van der Waals surface area (Å²) >= 11 is 0. The van der Waals surface area contributed by atoms with E-state index in [1.54, 1.807) is 0 Å². The van der Waals surface area contributed by atoms with Gasteiger partial charge in [0.15, 0.2) is 0 Å². The van der Waals surface area contributed by atoms with E-state index in [9.17, 15) is 0 Å². The topological polar surface area (TPSA) is 56.7 Å². The van der Waals surface area contributed by atoms with Gasteiger partial charge in [0.1, 0.15) is 11.3 Å². The van der Waals surface area contributed by atoms with Gasteiger partial charge in [-0.15, -0.1) is 0 Å². The Morgan fingerprint density at radius 2 is 2.11 bits per heavy atom. The third kappa shape index (κ3) is 1.94. The fraction of sp³-hybridized carbons (Fsp3) is 0.600. The van der Waals surface area contributed by atoms with Gasteiger partial charge in [-0.3, -0.25) is 4.98 Å². The van der Waals surface area contributed by atoms with E-state index in [1.807, 2.05) is 12.4 Å². The minimum absolute atomic E-state index is 0.0767. The van der Waals surface area contributed by atoms with Gasteiger partial charge in [-0.2, -0.15) is 0 Å². The number of pyridine rings is 1. The third-order valence-corrected chi connectivity index (χ3v) is 4.54. The Hall–Kier alpha value is -1.42. The van der Waals surface area contributed by atoms with Crippen LogP contribution in [-0.2, 0) is 12.0 Å². The predicted octanol–water partition coefficient (Wildman–Crippen LogP) is 2.61. The molecule has 2 heterocycles. The summed E-state index contributed by atoms with van der Waals surface area (Å²) in [6, 6.07) is 2.06. The summed E-state index contributed by atoms with van der Waals surface area (Å²) in [7, 11) is 0. The first-order chi connectivity index (χ1) is 9.30. The highest BCUT2D eigenvalue weighted by atomic mass is 15.1. The zero-order chi connectivity index (χ0) is 13.3. The standard InChI is InChI=1S/C15H22N4/c1-2-19-13-6-9-17-10-12(13)18-14(19)15(11-16)7-4-3-5-8-15/h6,9-10H,2-5,7-8,11,16H2,1H3. The molecule has 0 radical (unpaired) electrons. The van der Waals surface area contributed by atoms with Crippen LogP contribution >= 0.6 is 0 Å². The second-order valence-electron chi connectivity index (χ2n) is 5.59. The predicted molar refractivity (Wildman–Crippen MR) is 77.0 cm³/mol. The Labute approximate surface area is 114 Å². The molecule has 3 rings (SSSR count). The molecule has 2 N–H and O–H groups in total. The molecule has 4 heteroatoms. The summed E-state index contributed by atoms with van der Waals surface area (Å²) in [5, 5.41) is 0. The maximum Gasteiger partial charge on any atom is 0.117 e. The Morgan fingerprint density at radius 1 is 1.32 bits per heavy atom. The number of aryl methyl sites for hydroxylation is 1. The highest BCUT2D eigenvalue weighted by Crippen LogP contribution is 2.39. The quantitative estimate of drug-likeness (QED) is 0.920. The van der Waals surface area contributed by atoms with Crippen molar-refractivity contribution < 1.29 is 0 Å². The van der Waals surface area contributed by atoms with E-state index in [1.165, 1.54) is 43.4 Å². The number of nitrogens with zero attached hydrogens (tertiary/aromatic N) is 3. The number of fused-ring (bicyclic) bond motifs is 1. The summed E-state index contributed by atoms with van der Waals surface area (Å²) in [4.78, 5) is 9.06. The maximum absolute atomic E-state index is 6.15. The van der Waals surface area contributed by atoms with Crippen molar-refractivity contribution in [2.24, 2.45) is 5.73 Å². The van der Waals surface area contributed by atoms with Gasteiger partial charge in [-0.25, -0.2) is 4.98 Å². The first-order valence-electron chi connectivity index (χ1n) is 7.31. The third-order valence-electron chi connectivity index (χ3n) is 4.54. The van der Waals surface area contributed by atoms with E-state index in [4.69, 9.17) is 10.7 Å². The summed E-state index contributed by atoms with van der Waals surface area (Å²) in [6.07, 6.45) is 9.90. The number of aromatic nitrogens is 3. The van der Waals surface area contributed by atoms with Crippen LogP contribution in [0.1, 0.15) is 44.9 Å². The lowest BCUT2D eigenvalue weighted by molar-refractivity contribution is 0.278. The Morgan fingerprint density at radius 3 is 2.79 bits per heavy atom. The van der Waals surface area contributed by atoms with Crippen molar-refractivity contribution in [1.29, 1.82) is 0 Å². The Balaban J connectivity index is 2.17. The molecule has 2 aromatic heterocycles. The SMILES string of the molecule is CCn1c(C2(CN)CCCCC2)nc2cnccc21. The number of nitrogens with two attached hydrogens (primary N) is 1. The monoisotopic (exact) mass is 258 g/mol. The van der Waals surface area contributed by atoms with Gasteiger partial charge in [0.2, 0.25) is 0 Å². The average molecular weight is 258 g/mol. The highest BCUT2D eigenvalue weighted by molar-refractivity contribution is 5.75. The van der Waals surface area contributed by atoms with Crippen molar-refractivity contribution >= 4 is 11.0 Å².